The lowest BCUT2D eigenvalue weighted by molar-refractivity contribution is -0.142. The van der Waals surface area contributed by atoms with Crippen LogP contribution >= 0.6 is 11.6 Å². The third kappa shape index (κ3) is 6.57. The molecule has 0 aliphatic carbocycles. The number of ether oxygens (including phenoxy) is 1. The molecule has 0 bridgehead atoms. The van der Waals surface area contributed by atoms with Crippen LogP contribution in [0.3, 0.4) is 0 Å². The van der Waals surface area contributed by atoms with Crippen molar-refractivity contribution in [1.82, 2.24) is 10.2 Å². The maximum absolute atomic E-state index is 12.9. The number of rotatable bonds is 9. The number of benzene rings is 2. The molecule has 28 heavy (non-hydrogen) atoms. The van der Waals surface area contributed by atoms with E-state index in [0.29, 0.717) is 10.8 Å². The highest BCUT2D eigenvalue weighted by Crippen LogP contribution is 2.16. The van der Waals surface area contributed by atoms with Gasteiger partial charge in [0.1, 0.15) is 11.8 Å². The first-order valence-electron chi connectivity index (χ1n) is 9.42. The van der Waals surface area contributed by atoms with Gasteiger partial charge < -0.3 is 15.0 Å². The number of hydrogen-bond acceptors (Lipinski definition) is 3. The molecular weight excluding hydrogens is 376 g/mol. The molecular formula is C22H27ClN2O3. The molecule has 0 unspecified atom stereocenters. The fourth-order valence-corrected chi connectivity index (χ4v) is 2.84. The molecule has 0 spiro atoms. The van der Waals surface area contributed by atoms with Crippen molar-refractivity contribution < 1.29 is 14.3 Å². The molecule has 0 aliphatic heterocycles. The van der Waals surface area contributed by atoms with Gasteiger partial charge in [0.25, 0.3) is 5.91 Å². The van der Waals surface area contributed by atoms with E-state index in [-0.39, 0.29) is 31.0 Å². The van der Waals surface area contributed by atoms with Gasteiger partial charge in [0.05, 0.1) is 0 Å². The van der Waals surface area contributed by atoms with Crippen LogP contribution in [0.4, 0.5) is 0 Å². The van der Waals surface area contributed by atoms with Gasteiger partial charge in [-0.3, -0.25) is 9.59 Å². The summed E-state index contributed by atoms with van der Waals surface area (Å²) in [4.78, 5) is 27.0. The lowest BCUT2D eigenvalue weighted by atomic mass is 10.1. The van der Waals surface area contributed by atoms with Crippen molar-refractivity contribution in [2.24, 2.45) is 0 Å². The van der Waals surface area contributed by atoms with Crippen LogP contribution in [0.15, 0.2) is 54.6 Å². The number of amides is 2. The summed E-state index contributed by atoms with van der Waals surface area (Å²) in [6, 6.07) is 15.8. The van der Waals surface area contributed by atoms with Crippen molar-refractivity contribution in [2.45, 2.75) is 45.8 Å². The van der Waals surface area contributed by atoms with Gasteiger partial charge in [-0.05, 0) is 50.1 Å². The van der Waals surface area contributed by atoms with Crippen LogP contribution in [0.2, 0.25) is 5.02 Å². The summed E-state index contributed by atoms with van der Waals surface area (Å²) in [5, 5.41) is 3.52. The minimum absolute atomic E-state index is 0.0404. The van der Waals surface area contributed by atoms with Crippen molar-refractivity contribution in [3.05, 3.63) is 65.2 Å². The van der Waals surface area contributed by atoms with Gasteiger partial charge in [0.2, 0.25) is 5.91 Å². The average molecular weight is 403 g/mol. The zero-order valence-corrected chi connectivity index (χ0v) is 17.3. The quantitative estimate of drug-likeness (QED) is 0.688. The van der Waals surface area contributed by atoms with Crippen LogP contribution in [0.5, 0.6) is 5.75 Å². The zero-order valence-electron chi connectivity index (χ0n) is 16.5. The molecule has 5 nitrogen and oxygen atoms in total. The van der Waals surface area contributed by atoms with Crippen LogP contribution < -0.4 is 10.1 Å². The molecule has 150 valence electrons. The SMILES string of the molecule is CC[C@H](C)NC(=O)[C@H](C)N(Cc1cccc(Cl)c1)C(=O)COc1ccccc1. The monoisotopic (exact) mass is 402 g/mol. The smallest absolute Gasteiger partial charge is 0.261 e. The highest BCUT2D eigenvalue weighted by Gasteiger charge is 2.27. The number of nitrogens with zero attached hydrogens (tertiary/aromatic N) is 1. The van der Waals surface area contributed by atoms with Crippen molar-refractivity contribution in [3.63, 3.8) is 0 Å². The third-order valence-corrected chi connectivity index (χ3v) is 4.75. The molecule has 0 radical (unpaired) electrons. The van der Waals surface area contributed by atoms with E-state index in [1.165, 1.54) is 4.90 Å². The van der Waals surface area contributed by atoms with Gasteiger partial charge in [-0.25, -0.2) is 0 Å². The largest absolute Gasteiger partial charge is 0.484 e. The van der Waals surface area contributed by atoms with E-state index in [4.69, 9.17) is 16.3 Å². The third-order valence-electron chi connectivity index (χ3n) is 4.52. The standard InChI is InChI=1S/C22H27ClN2O3/c1-4-16(2)24-22(27)17(3)25(14-18-9-8-10-19(23)13-18)21(26)15-28-20-11-6-5-7-12-20/h5-13,16-17H,4,14-15H2,1-3H3,(H,24,27)/t16-,17-/m0/s1. The van der Waals surface area contributed by atoms with Crippen LogP contribution in [-0.2, 0) is 16.1 Å². The van der Waals surface area contributed by atoms with Gasteiger partial charge in [-0.15, -0.1) is 0 Å². The lowest BCUT2D eigenvalue weighted by Gasteiger charge is -2.29. The zero-order chi connectivity index (χ0) is 20.5. The van der Waals surface area contributed by atoms with E-state index in [1.54, 1.807) is 31.2 Å². The summed E-state index contributed by atoms with van der Waals surface area (Å²) in [7, 11) is 0. The Morgan fingerprint density at radius 2 is 1.82 bits per heavy atom. The number of halogens is 1. The predicted octanol–water partition coefficient (Wildman–Crippen LogP) is 4.05. The fraction of sp³-hybridized carbons (Fsp3) is 0.364. The molecule has 0 saturated heterocycles. The van der Waals surface area contributed by atoms with Crippen LogP contribution in [0.25, 0.3) is 0 Å². The lowest BCUT2D eigenvalue weighted by Crippen LogP contribution is -2.50. The van der Waals surface area contributed by atoms with E-state index in [0.717, 1.165) is 12.0 Å². The molecule has 1 N–H and O–H groups in total. The van der Waals surface area contributed by atoms with Gasteiger partial charge in [-0.1, -0.05) is 48.9 Å². The summed E-state index contributed by atoms with van der Waals surface area (Å²) in [5.74, 6) is 0.148. The van der Waals surface area contributed by atoms with Crippen molar-refractivity contribution in [1.29, 1.82) is 0 Å². The van der Waals surface area contributed by atoms with Gasteiger partial charge in [0, 0.05) is 17.6 Å². The molecule has 0 fully saturated rings. The summed E-state index contributed by atoms with van der Waals surface area (Å²) < 4.78 is 5.59. The summed E-state index contributed by atoms with van der Waals surface area (Å²) in [6.45, 7) is 5.78. The van der Waals surface area contributed by atoms with E-state index >= 15 is 0 Å². The molecule has 2 amide bonds. The van der Waals surface area contributed by atoms with Crippen LogP contribution in [0.1, 0.15) is 32.8 Å². The topological polar surface area (TPSA) is 58.6 Å². The van der Waals surface area contributed by atoms with Gasteiger partial charge >= 0.3 is 0 Å². The number of para-hydroxylation sites is 1. The maximum Gasteiger partial charge on any atom is 0.261 e. The Morgan fingerprint density at radius 3 is 2.46 bits per heavy atom. The Morgan fingerprint density at radius 1 is 1.11 bits per heavy atom. The van der Waals surface area contributed by atoms with E-state index in [9.17, 15) is 9.59 Å². The highest BCUT2D eigenvalue weighted by atomic mass is 35.5. The minimum atomic E-state index is -0.639. The first-order valence-corrected chi connectivity index (χ1v) is 9.80. The van der Waals surface area contributed by atoms with Crippen molar-refractivity contribution in [2.75, 3.05) is 6.61 Å². The molecule has 2 aromatic carbocycles. The van der Waals surface area contributed by atoms with E-state index in [2.05, 4.69) is 5.32 Å². The summed E-state index contributed by atoms with van der Waals surface area (Å²) >= 11 is 6.07. The normalized spacial score (nSPS) is 12.7. The first kappa shape index (κ1) is 21.8. The van der Waals surface area contributed by atoms with E-state index < -0.39 is 6.04 Å². The predicted molar refractivity (Wildman–Crippen MR) is 111 cm³/mol. The Kier molecular flexibility index (Phi) is 8.33. The summed E-state index contributed by atoms with van der Waals surface area (Å²) in [6.07, 6.45) is 0.817. The Labute approximate surface area is 171 Å². The van der Waals surface area contributed by atoms with Gasteiger partial charge in [0.15, 0.2) is 6.61 Å². The average Bonchev–Trinajstić information content (AvgIpc) is 2.70. The van der Waals surface area contributed by atoms with Crippen molar-refractivity contribution in [3.8, 4) is 5.75 Å². The fourth-order valence-electron chi connectivity index (χ4n) is 2.62. The first-order chi connectivity index (χ1) is 13.4. The molecule has 0 saturated carbocycles. The molecule has 2 rings (SSSR count). The van der Waals surface area contributed by atoms with Gasteiger partial charge in [-0.2, -0.15) is 0 Å². The number of hydrogen-bond donors (Lipinski definition) is 1. The van der Waals surface area contributed by atoms with E-state index in [1.807, 2.05) is 44.2 Å². The Balaban J connectivity index is 2.14. The molecule has 2 aromatic rings. The van der Waals surface area contributed by atoms with Crippen LogP contribution in [-0.4, -0.2) is 35.4 Å². The highest BCUT2D eigenvalue weighted by molar-refractivity contribution is 6.30. The molecule has 0 aliphatic rings. The Hall–Kier alpha value is -2.53. The second-order valence-electron chi connectivity index (χ2n) is 6.75. The second-order valence-corrected chi connectivity index (χ2v) is 7.18. The number of nitrogens with one attached hydrogen (secondary N) is 1. The second kappa shape index (κ2) is 10.7. The molecule has 6 heteroatoms. The maximum atomic E-state index is 12.9. The van der Waals surface area contributed by atoms with Crippen LogP contribution in [0, 0.1) is 0 Å². The molecule has 2 atom stereocenters. The number of carbonyl (C=O) groups is 2. The molecule has 0 heterocycles. The molecule has 0 aromatic heterocycles. The summed E-state index contributed by atoms with van der Waals surface area (Å²) in [5.41, 5.74) is 0.851. The minimum Gasteiger partial charge on any atom is -0.484 e. The Bertz CT molecular complexity index is 782. The number of carbonyl (C=O) groups excluding carboxylic acids is 2. The van der Waals surface area contributed by atoms with Crippen molar-refractivity contribution >= 4 is 23.4 Å².